The molecular weight excluding hydrogens is 338 g/mol. The molecule has 4 rings (SSSR count). The van der Waals surface area contributed by atoms with Crippen LogP contribution in [-0.2, 0) is 6.54 Å². The SMILES string of the molecule is COc1ccc(Cn2nc(C)c3cc(-c4ccn(C(C)C)n4)cnc32)cc1. The molecule has 0 atom stereocenters. The molecule has 0 fully saturated rings. The maximum absolute atomic E-state index is 5.22. The molecule has 0 saturated heterocycles. The van der Waals surface area contributed by atoms with Gasteiger partial charge in [-0.15, -0.1) is 0 Å². The highest BCUT2D eigenvalue weighted by Crippen LogP contribution is 2.25. The van der Waals surface area contributed by atoms with Crippen LogP contribution in [0.2, 0.25) is 0 Å². The summed E-state index contributed by atoms with van der Waals surface area (Å²) in [7, 11) is 1.67. The topological polar surface area (TPSA) is 57.8 Å². The Morgan fingerprint density at radius 3 is 2.52 bits per heavy atom. The maximum atomic E-state index is 5.22. The summed E-state index contributed by atoms with van der Waals surface area (Å²) < 4.78 is 9.13. The lowest BCUT2D eigenvalue weighted by Gasteiger charge is -2.05. The fourth-order valence-corrected chi connectivity index (χ4v) is 3.15. The van der Waals surface area contributed by atoms with Gasteiger partial charge in [0.05, 0.1) is 25.0 Å². The lowest BCUT2D eigenvalue weighted by molar-refractivity contribution is 0.414. The van der Waals surface area contributed by atoms with Gasteiger partial charge in [0.15, 0.2) is 5.65 Å². The summed E-state index contributed by atoms with van der Waals surface area (Å²) >= 11 is 0. The molecule has 0 N–H and O–H groups in total. The Kier molecular flexibility index (Phi) is 4.39. The fourth-order valence-electron chi connectivity index (χ4n) is 3.15. The molecule has 0 amide bonds. The number of ether oxygens (including phenoxy) is 1. The van der Waals surface area contributed by atoms with Gasteiger partial charge in [-0.05, 0) is 50.6 Å². The standard InChI is InChI=1S/C21H23N5O/c1-14(2)25-10-9-20(24-25)17-11-19-15(3)23-26(21(19)22-12-17)13-16-5-7-18(27-4)8-6-16/h5-12,14H,13H2,1-4H3. The highest BCUT2D eigenvalue weighted by atomic mass is 16.5. The van der Waals surface area contributed by atoms with E-state index in [9.17, 15) is 0 Å². The third-order valence-corrected chi connectivity index (χ3v) is 4.70. The minimum absolute atomic E-state index is 0.337. The van der Waals surface area contributed by atoms with E-state index in [-0.39, 0.29) is 0 Å². The molecule has 0 saturated carbocycles. The van der Waals surface area contributed by atoms with Crippen LogP contribution in [0.5, 0.6) is 5.75 Å². The van der Waals surface area contributed by atoms with Crippen LogP contribution in [0.1, 0.15) is 31.1 Å². The number of nitrogens with zero attached hydrogens (tertiary/aromatic N) is 5. The van der Waals surface area contributed by atoms with Gasteiger partial charge in [0, 0.05) is 29.4 Å². The number of aromatic nitrogens is 5. The molecule has 0 bridgehead atoms. The van der Waals surface area contributed by atoms with E-state index < -0.39 is 0 Å². The highest BCUT2D eigenvalue weighted by Gasteiger charge is 2.12. The highest BCUT2D eigenvalue weighted by molar-refractivity contribution is 5.82. The number of pyridine rings is 1. The molecule has 0 unspecified atom stereocenters. The minimum atomic E-state index is 0.337. The van der Waals surface area contributed by atoms with Crippen molar-refractivity contribution < 1.29 is 4.74 Å². The first-order valence-corrected chi connectivity index (χ1v) is 9.07. The third kappa shape index (κ3) is 3.30. The number of fused-ring (bicyclic) bond motifs is 1. The summed E-state index contributed by atoms with van der Waals surface area (Å²) in [4.78, 5) is 4.69. The number of benzene rings is 1. The molecule has 6 heteroatoms. The zero-order valence-electron chi connectivity index (χ0n) is 16.0. The molecular formula is C21H23N5O. The van der Waals surface area contributed by atoms with E-state index in [2.05, 4.69) is 42.1 Å². The van der Waals surface area contributed by atoms with Crippen LogP contribution in [0, 0.1) is 6.92 Å². The average molecular weight is 361 g/mol. The van der Waals surface area contributed by atoms with Gasteiger partial charge in [0.2, 0.25) is 0 Å². The largest absolute Gasteiger partial charge is 0.497 e. The molecule has 138 valence electrons. The summed E-state index contributed by atoms with van der Waals surface area (Å²) in [6, 6.07) is 12.5. The molecule has 0 aliphatic carbocycles. The Morgan fingerprint density at radius 1 is 1.07 bits per heavy atom. The van der Waals surface area contributed by atoms with Crippen LogP contribution in [0.4, 0.5) is 0 Å². The second-order valence-electron chi connectivity index (χ2n) is 6.96. The number of methoxy groups -OCH3 is 1. The van der Waals surface area contributed by atoms with Crippen LogP contribution in [-0.4, -0.2) is 31.7 Å². The summed E-state index contributed by atoms with van der Waals surface area (Å²) in [5.74, 6) is 0.851. The Labute approximate surface area is 158 Å². The van der Waals surface area contributed by atoms with Crippen molar-refractivity contribution in [3.05, 3.63) is 60.0 Å². The Balaban J connectivity index is 1.67. The van der Waals surface area contributed by atoms with E-state index in [1.807, 2.05) is 46.9 Å². The second-order valence-corrected chi connectivity index (χ2v) is 6.96. The van der Waals surface area contributed by atoms with Gasteiger partial charge in [0.1, 0.15) is 5.75 Å². The van der Waals surface area contributed by atoms with E-state index >= 15 is 0 Å². The second kappa shape index (κ2) is 6.87. The summed E-state index contributed by atoms with van der Waals surface area (Å²) in [5.41, 5.74) is 4.95. The number of rotatable bonds is 5. The quantitative estimate of drug-likeness (QED) is 0.533. The fraction of sp³-hybridized carbons (Fsp3) is 0.286. The molecule has 0 spiro atoms. The van der Waals surface area contributed by atoms with Gasteiger partial charge < -0.3 is 4.74 Å². The Bertz CT molecular complexity index is 1080. The first kappa shape index (κ1) is 17.3. The van der Waals surface area contributed by atoms with E-state index in [0.29, 0.717) is 12.6 Å². The number of aryl methyl sites for hydroxylation is 1. The van der Waals surface area contributed by atoms with Crippen molar-refractivity contribution in [3.8, 4) is 17.0 Å². The van der Waals surface area contributed by atoms with Crippen molar-refractivity contribution in [2.45, 2.75) is 33.4 Å². The normalized spacial score (nSPS) is 11.4. The molecule has 0 radical (unpaired) electrons. The van der Waals surface area contributed by atoms with Crippen LogP contribution in [0.3, 0.4) is 0 Å². The first-order valence-electron chi connectivity index (χ1n) is 9.07. The van der Waals surface area contributed by atoms with Crippen LogP contribution in [0.15, 0.2) is 48.8 Å². The average Bonchev–Trinajstić information content (AvgIpc) is 3.28. The van der Waals surface area contributed by atoms with Crippen LogP contribution in [0.25, 0.3) is 22.3 Å². The zero-order valence-corrected chi connectivity index (χ0v) is 16.0. The predicted molar refractivity (Wildman–Crippen MR) is 106 cm³/mol. The summed E-state index contributed by atoms with van der Waals surface area (Å²) in [5, 5.41) is 10.4. The van der Waals surface area contributed by atoms with Gasteiger partial charge in [0.25, 0.3) is 0 Å². The number of hydrogen-bond acceptors (Lipinski definition) is 4. The van der Waals surface area contributed by atoms with Gasteiger partial charge in [-0.3, -0.25) is 4.68 Å². The smallest absolute Gasteiger partial charge is 0.158 e. The van der Waals surface area contributed by atoms with Crippen LogP contribution >= 0.6 is 0 Å². The van der Waals surface area contributed by atoms with E-state index in [0.717, 1.165) is 39.3 Å². The first-order chi connectivity index (χ1) is 13.0. The molecule has 0 aliphatic rings. The maximum Gasteiger partial charge on any atom is 0.158 e. The molecule has 6 nitrogen and oxygen atoms in total. The van der Waals surface area contributed by atoms with Gasteiger partial charge in [-0.1, -0.05) is 12.1 Å². The van der Waals surface area contributed by atoms with Crippen molar-refractivity contribution in [2.24, 2.45) is 0 Å². The molecule has 3 aromatic heterocycles. The van der Waals surface area contributed by atoms with Gasteiger partial charge >= 0.3 is 0 Å². The molecule has 27 heavy (non-hydrogen) atoms. The number of hydrogen-bond donors (Lipinski definition) is 0. The summed E-state index contributed by atoms with van der Waals surface area (Å²) in [6.45, 7) is 6.92. The predicted octanol–water partition coefficient (Wildman–Crippen LogP) is 4.24. The van der Waals surface area contributed by atoms with Crippen molar-refractivity contribution in [1.29, 1.82) is 0 Å². The minimum Gasteiger partial charge on any atom is -0.497 e. The molecule has 3 heterocycles. The van der Waals surface area contributed by atoms with Crippen molar-refractivity contribution in [3.63, 3.8) is 0 Å². The third-order valence-electron chi connectivity index (χ3n) is 4.70. The molecule has 4 aromatic rings. The van der Waals surface area contributed by atoms with E-state index in [1.165, 1.54) is 0 Å². The molecule has 1 aromatic carbocycles. The zero-order chi connectivity index (χ0) is 19.0. The Morgan fingerprint density at radius 2 is 1.85 bits per heavy atom. The van der Waals surface area contributed by atoms with E-state index in [1.54, 1.807) is 7.11 Å². The van der Waals surface area contributed by atoms with Gasteiger partial charge in [-0.25, -0.2) is 9.67 Å². The molecule has 0 aliphatic heterocycles. The van der Waals surface area contributed by atoms with Crippen molar-refractivity contribution >= 4 is 11.0 Å². The van der Waals surface area contributed by atoms with Crippen LogP contribution < -0.4 is 4.74 Å². The monoisotopic (exact) mass is 361 g/mol. The lowest BCUT2D eigenvalue weighted by Crippen LogP contribution is -2.03. The van der Waals surface area contributed by atoms with Gasteiger partial charge in [-0.2, -0.15) is 10.2 Å². The Hall–Kier alpha value is -3.15. The van der Waals surface area contributed by atoms with Crippen molar-refractivity contribution in [1.82, 2.24) is 24.5 Å². The summed E-state index contributed by atoms with van der Waals surface area (Å²) in [6.07, 6.45) is 3.88. The van der Waals surface area contributed by atoms with Crippen molar-refractivity contribution in [2.75, 3.05) is 7.11 Å². The van der Waals surface area contributed by atoms with E-state index in [4.69, 9.17) is 9.84 Å². The lowest BCUT2D eigenvalue weighted by atomic mass is 10.1.